The van der Waals surface area contributed by atoms with E-state index < -0.39 is 23.7 Å². The first-order valence-electron chi connectivity index (χ1n) is 10.6. The van der Waals surface area contributed by atoms with Crippen LogP contribution < -0.4 is 10.6 Å². The predicted octanol–water partition coefficient (Wildman–Crippen LogP) is 3.32. The lowest BCUT2D eigenvalue weighted by atomic mass is 9.92. The van der Waals surface area contributed by atoms with Gasteiger partial charge in [0, 0.05) is 18.9 Å². The third-order valence-electron chi connectivity index (χ3n) is 5.45. The number of aromatic nitrogens is 4. The van der Waals surface area contributed by atoms with E-state index in [9.17, 15) is 9.90 Å². The number of nitriles is 1. The zero-order chi connectivity index (χ0) is 25.0. The Kier molecular flexibility index (Phi) is 6.91. The minimum Gasteiger partial charge on any atom is -0.385 e. The fourth-order valence-corrected chi connectivity index (χ4v) is 3.67. The highest BCUT2D eigenvalue weighted by atomic mass is 35.5. The molecule has 4 aromatic heterocycles. The van der Waals surface area contributed by atoms with Crippen molar-refractivity contribution in [3.8, 4) is 6.07 Å². The number of anilines is 1. The van der Waals surface area contributed by atoms with Crippen LogP contribution in [0.5, 0.6) is 0 Å². The van der Waals surface area contributed by atoms with E-state index >= 15 is 4.39 Å². The van der Waals surface area contributed by atoms with E-state index in [0.717, 1.165) is 0 Å². The van der Waals surface area contributed by atoms with Crippen molar-refractivity contribution in [1.82, 2.24) is 24.9 Å². The van der Waals surface area contributed by atoms with Gasteiger partial charge in [-0.15, -0.1) is 0 Å². The van der Waals surface area contributed by atoms with E-state index in [1.54, 1.807) is 42.5 Å². The number of amides is 1. The molecular weight excluding hydrogens is 473 g/mol. The number of carbonyl (C=O) groups is 1. The molecule has 1 amide bonds. The molecule has 0 aliphatic rings. The van der Waals surface area contributed by atoms with Crippen LogP contribution >= 0.6 is 11.6 Å². The smallest absolute Gasteiger partial charge is 0.253 e. The van der Waals surface area contributed by atoms with E-state index in [1.807, 2.05) is 6.07 Å². The highest BCUT2D eigenvalue weighted by molar-refractivity contribution is 6.29. The monoisotopic (exact) mass is 493 g/mol. The Morgan fingerprint density at radius 3 is 2.80 bits per heavy atom. The van der Waals surface area contributed by atoms with Crippen LogP contribution in [0.4, 0.5) is 10.1 Å². The molecule has 0 saturated carbocycles. The molecule has 0 aromatic carbocycles. The molecule has 0 radical (unpaired) electrons. The Balaban J connectivity index is 1.65. The van der Waals surface area contributed by atoms with E-state index in [2.05, 4.69) is 25.7 Å². The van der Waals surface area contributed by atoms with Crippen molar-refractivity contribution in [2.45, 2.75) is 24.7 Å². The van der Waals surface area contributed by atoms with E-state index in [0.29, 0.717) is 27.6 Å². The molecule has 0 fully saturated rings. The summed E-state index contributed by atoms with van der Waals surface area (Å²) in [6.07, 6.45) is 3.72. The largest absolute Gasteiger partial charge is 0.385 e. The molecule has 0 aliphatic carbocycles. The third-order valence-corrected chi connectivity index (χ3v) is 5.68. The van der Waals surface area contributed by atoms with Crippen molar-refractivity contribution in [2.75, 3.05) is 11.9 Å². The average molecular weight is 494 g/mol. The van der Waals surface area contributed by atoms with Crippen LogP contribution in [0.15, 0.2) is 67.3 Å². The second-order valence-electron chi connectivity index (χ2n) is 8.13. The Morgan fingerprint density at radius 1 is 1.29 bits per heavy atom. The number of aliphatic hydroxyl groups is 1. The first kappa shape index (κ1) is 24.1. The van der Waals surface area contributed by atoms with Gasteiger partial charge in [-0.3, -0.25) is 9.78 Å². The van der Waals surface area contributed by atoms with Crippen molar-refractivity contribution in [2.24, 2.45) is 0 Å². The van der Waals surface area contributed by atoms with Crippen molar-refractivity contribution in [3.05, 3.63) is 89.2 Å². The number of nitrogens with zero attached hydrogens (tertiary/aromatic N) is 5. The summed E-state index contributed by atoms with van der Waals surface area (Å²) >= 11 is 5.80. The molecule has 4 heterocycles. The summed E-state index contributed by atoms with van der Waals surface area (Å²) in [6, 6.07) is 11.9. The maximum Gasteiger partial charge on any atom is 0.253 e. The van der Waals surface area contributed by atoms with Gasteiger partial charge in [0.2, 0.25) is 0 Å². The van der Waals surface area contributed by atoms with Crippen molar-refractivity contribution >= 4 is 28.7 Å². The first-order chi connectivity index (χ1) is 16.8. The fraction of sp³-hybridized carbons (Fsp3) is 0.208. The molecule has 0 unspecified atom stereocenters. The van der Waals surface area contributed by atoms with Crippen LogP contribution in [0.1, 0.15) is 34.6 Å². The van der Waals surface area contributed by atoms with E-state index in [4.69, 9.17) is 16.9 Å². The summed E-state index contributed by atoms with van der Waals surface area (Å²) in [6.45, 7) is 1.14. The van der Waals surface area contributed by atoms with Gasteiger partial charge < -0.3 is 15.7 Å². The Labute approximate surface area is 205 Å². The molecule has 11 heteroatoms. The molecule has 3 atom stereocenters. The molecule has 35 heavy (non-hydrogen) atoms. The van der Waals surface area contributed by atoms with Gasteiger partial charge >= 0.3 is 0 Å². The number of nitrogens with one attached hydrogen (secondary N) is 2. The summed E-state index contributed by atoms with van der Waals surface area (Å²) < 4.78 is 17.5. The lowest BCUT2D eigenvalue weighted by Crippen LogP contribution is -2.50. The number of alkyl halides is 1. The Bertz CT molecular complexity index is 1370. The minimum absolute atomic E-state index is 0.188. The van der Waals surface area contributed by atoms with Crippen LogP contribution in [-0.2, 0) is 0 Å². The predicted molar refractivity (Wildman–Crippen MR) is 128 cm³/mol. The number of pyridine rings is 2. The summed E-state index contributed by atoms with van der Waals surface area (Å²) in [5, 5.41) is 30.4. The summed E-state index contributed by atoms with van der Waals surface area (Å²) in [5.41, 5.74) is 0.0117. The van der Waals surface area contributed by atoms with Gasteiger partial charge in [0.25, 0.3) is 5.91 Å². The molecule has 0 bridgehead atoms. The van der Waals surface area contributed by atoms with Gasteiger partial charge in [0.15, 0.2) is 6.17 Å². The summed E-state index contributed by atoms with van der Waals surface area (Å²) in [5.74, 6) is -0.569. The lowest BCUT2D eigenvalue weighted by Gasteiger charge is -2.33. The average Bonchev–Trinajstić information content (AvgIpc) is 3.30. The molecule has 0 spiro atoms. The lowest BCUT2D eigenvalue weighted by molar-refractivity contribution is -0.0253. The number of halogens is 2. The van der Waals surface area contributed by atoms with Gasteiger partial charge in [-0.1, -0.05) is 11.6 Å². The number of hydrogen-bond acceptors (Lipinski definition) is 7. The van der Waals surface area contributed by atoms with Gasteiger partial charge in [-0.25, -0.2) is 13.9 Å². The van der Waals surface area contributed by atoms with Crippen molar-refractivity contribution < 1.29 is 14.3 Å². The Morgan fingerprint density at radius 2 is 2.11 bits per heavy atom. The number of hydrogen-bond donors (Lipinski definition) is 3. The van der Waals surface area contributed by atoms with Crippen LogP contribution in [0.3, 0.4) is 0 Å². The van der Waals surface area contributed by atoms with Crippen LogP contribution in [0.25, 0.3) is 5.52 Å². The second kappa shape index (κ2) is 10.0. The minimum atomic E-state index is -1.97. The van der Waals surface area contributed by atoms with Crippen molar-refractivity contribution in [3.63, 3.8) is 0 Å². The zero-order valence-electron chi connectivity index (χ0n) is 18.6. The second-order valence-corrected chi connectivity index (χ2v) is 8.51. The maximum absolute atomic E-state index is 16.1. The quantitative estimate of drug-likeness (QED) is 0.321. The maximum atomic E-state index is 16.1. The van der Waals surface area contributed by atoms with E-state index in [1.165, 1.54) is 36.2 Å². The first-order valence-corrected chi connectivity index (χ1v) is 11.0. The fourth-order valence-electron chi connectivity index (χ4n) is 3.55. The molecular formula is C24H21ClFN7O2. The third kappa shape index (κ3) is 5.37. The molecule has 3 N–H and O–H groups in total. The van der Waals surface area contributed by atoms with E-state index in [-0.39, 0.29) is 12.1 Å². The number of fused-ring (bicyclic) bond motifs is 1. The van der Waals surface area contributed by atoms with Gasteiger partial charge in [-0.2, -0.15) is 10.4 Å². The molecule has 4 rings (SSSR count). The topological polar surface area (TPSA) is 128 Å². The SMILES string of the molecule is C[C@@](O)(CNc1ccc(Cl)nc1)[C@H](F)[C@H](NC(=O)c1cccnc1)c1ccc2cc(C#N)cnn12. The highest BCUT2D eigenvalue weighted by Gasteiger charge is 2.41. The normalized spacial score (nSPS) is 14.5. The van der Waals surface area contributed by atoms with Crippen molar-refractivity contribution in [1.29, 1.82) is 5.26 Å². The van der Waals surface area contributed by atoms with Crippen LogP contribution in [-0.4, -0.2) is 48.9 Å². The molecule has 0 aliphatic heterocycles. The molecule has 178 valence electrons. The van der Waals surface area contributed by atoms with Crippen LogP contribution in [0, 0.1) is 11.3 Å². The number of rotatable bonds is 8. The zero-order valence-corrected chi connectivity index (χ0v) is 19.3. The van der Waals surface area contributed by atoms with Crippen LogP contribution in [0.2, 0.25) is 5.15 Å². The molecule has 4 aromatic rings. The summed E-state index contributed by atoms with van der Waals surface area (Å²) in [7, 11) is 0. The highest BCUT2D eigenvalue weighted by Crippen LogP contribution is 2.30. The molecule has 9 nitrogen and oxygen atoms in total. The summed E-state index contributed by atoms with van der Waals surface area (Å²) in [4.78, 5) is 20.8. The standard InChI is InChI=1S/C24H21ClFN7O2/c1-24(35,14-30-17-4-7-20(25)29-13-17)22(26)21(32-23(34)16-3-2-8-28-12-16)19-6-5-18-9-15(10-27)11-31-33(18)19/h2-9,11-13,21-22,30,35H,14H2,1H3,(H,32,34)/t21-,22-,24-/m1/s1. The molecule has 0 saturated heterocycles. The van der Waals surface area contributed by atoms with Gasteiger partial charge in [0.05, 0.1) is 40.4 Å². The van der Waals surface area contributed by atoms with Gasteiger partial charge in [0.1, 0.15) is 22.9 Å². The van der Waals surface area contributed by atoms with Gasteiger partial charge in [-0.05, 0) is 49.4 Å². The number of carbonyl (C=O) groups excluding carboxylic acids is 1. The Hall–Kier alpha value is -4.07.